The van der Waals surface area contributed by atoms with Crippen molar-refractivity contribution in [2.75, 3.05) is 11.9 Å². The maximum atomic E-state index is 4.57. The maximum Gasteiger partial charge on any atom is 0.223 e. The average molecular weight is 259 g/mol. The van der Waals surface area contributed by atoms with E-state index in [-0.39, 0.29) is 0 Å². The van der Waals surface area contributed by atoms with Gasteiger partial charge in [-0.3, -0.25) is 4.68 Å². The molecule has 0 saturated heterocycles. The van der Waals surface area contributed by atoms with Gasteiger partial charge >= 0.3 is 0 Å². The molecule has 0 aliphatic carbocycles. The highest BCUT2D eigenvalue weighted by molar-refractivity contribution is 5.56. The minimum Gasteiger partial charge on any atom is -0.354 e. The topological polar surface area (TPSA) is 55.6 Å². The number of nitrogens with one attached hydrogen (secondary N) is 1. The van der Waals surface area contributed by atoms with Crippen LogP contribution in [0.15, 0.2) is 18.3 Å². The predicted octanol–water partition coefficient (Wildman–Crippen LogP) is 2.88. The summed E-state index contributed by atoms with van der Waals surface area (Å²) < 4.78 is 1.99. The van der Waals surface area contributed by atoms with Crippen molar-refractivity contribution in [3.8, 4) is 11.4 Å². The molecular formula is C14H21N5. The first-order chi connectivity index (χ1) is 9.24. The average Bonchev–Trinajstić information content (AvgIpc) is 2.84. The molecule has 2 aromatic rings. The Morgan fingerprint density at radius 3 is 2.79 bits per heavy atom. The first kappa shape index (κ1) is 13.5. The molecule has 0 radical (unpaired) electrons. The molecule has 0 aromatic carbocycles. The van der Waals surface area contributed by atoms with Gasteiger partial charge in [0.1, 0.15) is 0 Å². The minimum atomic E-state index is 0.695. The van der Waals surface area contributed by atoms with Crippen LogP contribution in [0.5, 0.6) is 0 Å². The lowest BCUT2D eigenvalue weighted by Crippen LogP contribution is -2.07. The Balaban J connectivity index is 2.32. The molecular weight excluding hydrogens is 238 g/mol. The number of aryl methyl sites for hydroxylation is 2. The molecule has 0 unspecified atom stereocenters. The van der Waals surface area contributed by atoms with Crippen molar-refractivity contribution in [3.05, 3.63) is 24.0 Å². The van der Waals surface area contributed by atoms with Crippen LogP contribution in [-0.4, -0.2) is 26.3 Å². The SMILES string of the molecule is CCCNc1nc(C)cc(-c2ccnn2CCC)n1. The van der Waals surface area contributed by atoms with Gasteiger partial charge in [-0.05, 0) is 31.9 Å². The van der Waals surface area contributed by atoms with Gasteiger partial charge in [-0.25, -0.2) is 9.97 Å². The molecule has 0 aliphatic heterocycles. The van der Waals surface area contributed by atoms with Crippen molar-refractivity contribution in [3.63, 3.8) is 0 Å². The van der Waals surface area contributed by atoms with Crippen LogP contribution >= 0.6 is 0 Å². The van der Waals surface area contributed by atoms with Crippen LogP contribution in [0.25, 0.3) is 11.4 Å². The van der Waals surface area contributed by atoms with Gasteiger partial charge in [0.25, 0.3) is 0 Å². The molecule has 19 heavy (non-hydrogen) atoms. The minimum absolute atomic E-state index is 0.695. The van der Waals surface area contributed by atoms with Gasteiger partial charge in [0, 0.05) is 25.0 Å². The Kier molecular flexibility index (Phi) is 4.49. The number of aromatic nitrogens is 4. The van der Waals surface area contributed by atoms with Gasteiger partial charge in [0.05, 0.1) is 11.4 Å². The molecule has 0 spiro atoms. The molecule has 5 nitrogen and oxygen atoms in total. The second kappa shape index (κ2) is 6.31. The number of hydrogen-bond acceptors (Lipinski definition) is 4. The van der Waals surface area contributed by atoms with Crippen molar-refractivity contribution >= 4 is 5.95 Å². The fraction of sp³-hybridized carbons (Fsp3) is 0.500. The molecule has 5 heteroatoms. The third-order valence-electron chi connectivity index (χ3n) is 2.80. The molecule has 0 bridgehead atoms. The summed E-state index contributed by atoms with van der Waals surface area (Å²) in [4.78, 5) is 8.98. The van der Waals surface area contributed by atoms with Gasteiger partial charge in [-0.2, -0.15) is 5.10 Å². The highest BCUT2D eigenvalue weighted by atomic mass is 15.3. The van der Waals surface area contributed by atoms with Crippen molar-refractivity contribution in [2.45, 2.75) is 40.2 Å². The maximum absolute atomic E-state index is 4.57. The lowest BCUT2D eigenvalue weighted by atomic mass is 10.2. The highest BCUT2D eigenvalue weighted by Crippen LogP contribution is 2.19. The summed E-state index contributed by atoms with van der Waals surface area (Å²) in [6.07, 6.45) is 3.93. The number of hydrogen-bond donors (Lipinski definition) is 1. The molecule has 2 aromatic heterocycles. The van der Waals surface area contributed by atoms with E-state index in [1.807, 2.05) is 29.9 Å². The smallest absolute Gasteiger partial charge is 0.223 e. The Hall–Kier alpha value is -1.91. The molecule has 1 N–H and O–H groups in total. The van der Waals surface area contributed by atoms with Gasteiger partial charge in [0.2, 0.25) is 5.95 Å². The van der Waals surface area contributed by atoms with Crippen LogP contribution in [0, 0.1) is 6.92 Å². The number of rotatable bonds is 6. The van der Waals surface area contributed by atoms with Crippen molar-refractivity contribution in [2.24, 2.45) is 0 Å². The molecule has 0 atom stereocenters. The molecule has 0 amide bonds. The first-order valence-corrected chi connectivity index (χ1v) is 6.86. The van der Waals surface area contributed by atoms with Gasteiger partial charge in [-0.1, -0.05) is 13.8 Å². The first-order valence-electron chi connectivity index (χ1n) is 6.86. The second-order valence-corrected chi connectivity index (χ2v) is 4.58. The quantitative estimate of drug-likeness (QED) is 0.866. The Morgan fingerprint density at radius 1 is 1.21 bits per heavy atom. The highest BCUT2D eigenvalue weighted by Gasteiger charge is 2.09. The van der Waals surface area contributed by atoms with Crippen LogP contribution in [0.4, 0.5) is 5.95 Å². The molecule has 2 rings (SSSR count). The summed E-state index contributed by atoms with van der Waals surface area (Å²) in [5.41, 5.74) is 2.94. The fourth-order valence-corrected chi connectivity index (χ4v) is 1.96. The zero-order valence-corrected chi connectivity index (χ0v) is 11.8. The standard InChI is InChI=1S/C14H21N5/c1-4-7-15-14-17-11(3)10-12(18-14)13-6-8-16-19(13)9-5-2/h6,8,10H,4-5,7,9H2,1-3H3,(H,15,17,18). The molecule has 0 aliphatic rings. The molecule has 102 valence electrons. The third-order valence-corrected chi connectivity index (χ3v) is 2.80. The van der Waals surface area contributed by atoms with Gasteiger partial charge in [0.15, 0.2) is 0 Å². The van der Waals surface area contributed by atoms with Crippen LogP contribution in [0.2, 0.25) is 0 Å². The zero-order valence-electron chi connectivity index (χ0n) is 11.8. The van der Waals surface area contributed by atoms with Crippen LogP contribution in [0.3, 0.4) is 0 Å². The summed E-state index contributed by atoms with van der Waals surface area (Å²) in [6.45, 7) is 8.05. The summed E-state index contributed by atoms with van der Waals surface area (Å²) >= 11 is 0. The monoisotopic (exact) mass is 259 g/mol. The normalized spacial score (nSPS) is 10.7. The summed E-state index contributed by atoms with van der Waals surface area (Å²) in [5, 5.41) is 7.58. The Bertz CT molecular complexity index is 532. The van der Waals surface area contributed by atoms with E-state index in [1.165, 1.54) is 0 Å². The largest absolute Gasteiger partial charge is 0.354 e. The second-order valence-electron chi connectivity index (χ2n) is 4.58. The van der Waals surface area contributed by atoms with Crippen LogP contribution in [0.1, 0.15) is 32.4 Å². The zero-order chi connectivity index (χ0) is 13.7. The Morgan fingerprint density at radius 2 is 2.05 bits per heavy atom. The summed E-state index contributed by atoms with van der Waals surface area (Å²) in [7, 11) is 0. The Labute approximate surface area is 114 Å². The van der Waals surface area contributed by atoms with E-state index in [0.717, 1.165) is 43.0 Å². The van der Waals surface area contributed by atoms with E-state index >= 15 is 0 Å². The third kappa shape index (κ3) is 3.30. The van der Waals surface area contributed by atoms with Crippen LogP contribution < -0.4 is 5.32 Å². The lowest BCUT2D eigenvalue weighted by molar-refractivity contribution is 0.608. The van der Waals surface area contributed by atoms with Crippen molar-refractivity contribution in [1.29, 1.82) is 0 Å². The van der Waals surface area contributed by atoms with Crippen molar-refractivity contribution < 1.29 is 0 Å². The predicted molar refractivity (Wildman–Crippen MR) is 77.1 cm³/mol. The van der Waals surface area contributed by atoms with Crippen molar-refractivity contribution in [1.82, 2.24) is 19.7 Å². The lowest BCUT2D eigenvalue weighted by Gasteiger charge is -2.09. The summed E-state index contributed by atoms with van der Waals surface area (Å²) in [6, 6.07) is 4.00. The molecule has 0 saturated carbocycles. The van der Waals surface area contributed by atoms with E-state index < -0.39 is 0 Å². The fourth-order valence-electron chi connectivity index (χ4n) is 1.96. The van der Waals surface area contributed by atoms with E-state index in [2.05, 4.69) is 34.2 Å². The van der Waals surface area contributed by atoms with E-state index in [0.29, 0.717) is 5.95 Å². The number of nitrogens with zero attached hydrogens (tertiary/aromatic N) is 4. The number of anilines is 1. The van der Waals surface area contributed by atoms with Crippen LogP contribution in [-0.2, 0) is 6.54 Å². The molecule has 0 fully saturated rings. The van der Waals surface area contributed by atoms with Gasteiger partial charge < -0.3 is 5.32 Å². The van der Waals surface area contributed by atoms with Gasteiger partial charge in [-0.15, -0.1) is 0 Å². The van der Waals surface area contributed by atoms with E-state index in [1.54, 1.807) is 0 Å². The summed E-state index contributed by atoms with van der Waals surface area (Å²) in [5.74, 6) is 0.695. The van der Waals surface area contributed by atoms with E-state index in [9.17, 15) is 0 Å². The molecule has 2 heterocycles. The van der Waals surface area contributed by atoms with E-state index in [4.69, 9.17) is 0 Å².